The Labute approximate surface area is 165 Å². The number of carbonyl (C=O) groups excluding carboxylic acids is 1. The van der Waals surface area contributed by atoms with Gasteiger partial charge < -0.3 is 19.5 Å². The number of phenols is 1. The van der Waals surface area contributed by atoms with Crippen molar-refractivity contribution in [3.63, 3.8) is 0 Å². The van der Waals surface area contributed by atoms with Crippen LogP contribution in [0.15, 0.2) is 42.2 Å². The molecule has 0 aliphatic carbocycles. The molecule has 28 heavy (non-hydrogen) atoms. The normalized spacial score (nSPS) is 22.8. The lowest BCUT2D eigenvalue weighted by atomic mass is 9.99. The molecule has 0 radical (unpaired) electrons. The zero-order valence-electron chi connectivity index (χ0n) is 16.3. The van der Waals surface area contributed by atoms with Crippen molar-refractivity contribution < 1.29 is 24.3 Å². The second kappa shape index (κ2) is 7.68. The average Bonchev–Trinajstić information content (AvgIpc) is 3.00. The summed E-state index contributed by atoms with van der Waals surface area (Å²) in [6.45, 7) is 5.08. The molecule has 0 spiro atoms. The number of ketones is 1. The fraction of sp³-hybridized carbons (Fsp3) is 0.348. The van der Waals surface area contributed by atoms with E-state index in [9.17, 15) is 9.90 Å². The minimum Gasteiger partial charge on any atom is -0.507 e. The highest BCUT2D eigenvalue weighted by Gasteiger charge is 2.33. The van der Waals surface area contributed by atoms with Gasteiger partial charge in [-0.3, -0.25) is 4.79 Å². The fourth-order valence-electron chi connectivity index (χ4n) is 4.16. The van der Waals surface area contributed by atoms with Gasteiger partial charge in [-0.2, -0.15) is 0 Å². The number of Topliss-reactive ketones (excluding diaryl/α,β-unsaturated/α-hetero) is 1. The minimum atomic E-state index is -0.152. The van der Waals surface area contributed by atoms with E-state index in [1.807, 2.05) is 24.3 Å². The van der Waals surface area contributed by atoms with Crippen molar-refractivity contribution in [2.45, 2.75) is 26.3 Å². The molecule has 2 atom stereocenters. The number of hydrogen-bond acceptors (Lipinski definition) is 4. The number of carbonyl (C=O) groups is 1. The van der Waals surface area contributed by atoms with Crippen molar-refractivity contribution in [3.8, 4) is 17.2 Å². The van der Waals surface area contributed by atoms with Gasteiger partial charge >= 0.3 is 0 Å². The lowest BCUT2D eigenvalue weighted by molar-refractivity contribution is -0.922. The van der Waals surface area contributed by atoms with Crippen LogP contribution in [0.4, 0.5) is 0 Å². The summed E-state index contributed by atoms with van der Waals surface area (Å²) in [7, 11) is 1.61. The summed E-state index contributed by atoms with van der Waals surface area (Å²) in [5, 5.41) is 10.5. The van der Waals surface area contributed by atoms with Crippen LogP contribution in [-0.4, -0.2) is 31.1 Å². The number of allylic oxidation sites excluding steroid dienone is 1. The predicted octanol–water partition coefficient (Wildman–Crippen LogP) is 2.83. The molecule has 0 amide bonds. The fourth-order valence-corrected chi connectivity index (χ4v) is 4.16. The van der Waals surface area contributed by atoms with Crippen LogP contribution in [0.25, 0.3) is 6.08 Å². The van der Waals surface area contributed by atoms with Crippen LogP contribution in [0.1, 0.15) is 41.3 Å². The van der Waals surface area contributed by atoms with E-state index >= 15 is 0 Å². The Bertz CT molecular complexity index is 934. The maximum absolute atomic E-state index is 12.9. The van der Waals surface area contributed by atoms with E-state index in [2.05, 4.69) is 6.92 Å². The number of rotatable bonds is 4. The summed E-state index contributed by atoms with van der Waals surface area (Å²) in [5.41, 5.74) is 2.08. The van der Waals surface area contributed by atoms with E-state index < -0.39 is 0 Å². The van der Waals surface area contributed by atoms with E-state index in [0.29, 0.717) is 23.8 Å². The van der Waals surface area contributed by atoms with Gasteiger partial charge in [0, 0.05) is 5.92 Å². The predicted molar refractivity (Wildman–Crippen MR) is 107 cm³/mol. The van der Waals surface area contributed by atoms with Crippen molar-refractivity contribution in [2.24, 2.45) is 5.92 Å². The molecule has 5 nitrogen and oxygen atoms in total. The molecule has 1 unspecified atom stereocenters. The Kier molecular flexibility index (Phi) is 5.09. The molecule has 2 aromatic rings. The summed E-state index contributed by atoms with van der Waals surface area (Å²) >= 11 is 0. The van der Waals surface area contributed by atoms with Gasteiger partial charge in [-0.05, 0) is 48.7 Å². The summed E-state index contributed by atoms with van der Waals surface area (Å²) < 4.78 is 11.2. The third-order valence-corrected chi connectivity index (χ3v) is 5.60. The standard InChI is InChI=1S/C23H25NO4/c1-15-5-4-10-24(13-15)14-19-20(25)9-8-18-22(26)21(28-23(18)19)12-16-6-3-7-17(11-16)27-2/h3,6-9,11-12,15,25H,4-5,10,13-14H2,1-2H3/p+1/t15-/m1/s1. The van der Waals surface area contributed by atoms with Crippen molar-refractivity contribution in [1.82, 2.24) is 0 Å². The Morgan fingerprint density at radius 3 is 2.96 bits per heavy atom. The summed E-state index contributed by atoms with van der Waals surface area (Å²) in [4.78, 5) is 14.3. The number of methoxy groups -OCH3 is 1. The van der Waals surface area contributed by atoms with Crippen molar-refractivity contribution in [3.05, 3.63) is 58.8 Å². The third-order valence-electron chi connectivity index (χ3n) is 5.60. The van der Waals surface area contributed by atoms with Crippen LogP contribution in [0, 0.1) is 5.92 Å². The third kappa shape index (κ3) is 3.62. The highest BCUT2D eigenvalue weighted by molar-refractivity contribution is 6.15. The van der Waals surface area contributed by atoms with E-state index in [1.54, 1.807) is 25.3 Å². The Morgan fingerprint density at radius 1 is 1.32 bits per heavy atom. The number of ether oxygens (including phenoxy) is 2. The molecule has 146 valence electrons. The molecular weight excluding hydrogens is 354 g/mol. The van der Waals surface area contributed by atoms with Crippen molar-refractivity contribution in [1.29, 1.82) is 0 Å². The topological polar surface area (TPSA) is 60.2 Å². The van der Waals surface area contributed by atoms with Gasteiger partial charge in [0.15, 0.2) is 11.5 Å². The molecule has 2 aliphatic rings. The first-order chi connectivity index (χ1) is 13.5. The van der Waals surface area contributed by atoms with Gasteiger partial charge in [-0.15, -0.1) is 0 Å². The zero-order chi connectivity index (χ0) is 19.7. The molecule has 2 N–H and O–H groups in total. The molecule has 5 heteroatoms. The van der Waals surface area contributed by atoms with Gasteiger partial charge in [-0.1, -0.05) is 19.1 Å². The van der Waals surface area contributed by atoms with E-state index in [0.717, 1.165) is 30.0 Å². The number of fused-ring (bicyclic) bond motifs is 1. The van der Waals surface area contributed by atoms with Gasteiger partial charge in [0.05, 0.1) is 31.3 Å². The Hall–Kier alpha value is -2.79. The molecule has 2 heterocycles. The van der Waals surface area contributed by atoms with Crippen LogP contribution in [0.2, 0.25) is 0 Å². The molecule has 1 saturated heterocycles. The van der Waals surface area contributed by atoms with Gasteiger partial charge in [0.25, 0.3) is 0 Å². The largest absolute Gasteiger partial charge is 0.507 e. The molecule has 0 aromatic heterocycles. The molecular formula is C23H26NO4+. The number of benzene rings is 2. The quantitative estimate of drug-likeness (QED) is 0.801. The first kappa shape index (κ1) is 18.6. The monoisotopic (exact) mass is 380 g/mol. The van der Waals surface area contributed by atoms with Gasteiger partial charge in [0.2, 0.25) is 5.78 Å². The SMILES string of the molecule is COc1cccc(C=C2Oc3c(ccc(O)c3C[NH+]3CCC[C@@H](C)C3)C2=O)c1. The van der Waals surface area contributed by atoms with Crippen molar-refractivity contribution >= 4 is 11.9 Å². The summed E-state index contributed by atoms with van der Waals surface area (Å²) in [5.74, 6) is 2.22. The second-order valence-electron chi connectivity index (χ2n) is 7.78. The number of phenolic OH excluding ortho intramolecular Hbond substituents is 1. The lowest BCUT2D eigenvalue weighted by Gasteiger charge is -2.28. The zero-order valence-corrected chi connectivity index (χ0v) is 16.3. The first-order valence-corrected chi connectivity index (χ1v) is 9.82. The average molecular weight is 380 g/mol. The van der Waals surface area contributed by atoms with E-state index in [1.165, 1.54) is 17.7 Å². The number of nitrogens with one attached hydrogen (secondary N) is 1. The number of likely N-dealkylation sites (tertiary alicyclic amines) is 1. The van der Waals surface area contributed by atoms with Crippen molar-refractivity contribution in [2.75, 3.05) is 20.2 Å². The van der Waals surface area contributed by atoms with Crippen LogP contribution >= 0.6 is 0 Å². The number of piperidine rings is 1. The molecule has 1 fully saturated rings. The van der Waals surface area contributed by atoms with Crippen LogP contribution in [0.5, 0.6) is 17.2 Å². The second-order valence-corrected chi connectivity index (χ2v) is 7.78. The van der Waals surface area contributed by atoms with Crippen LogP contribution < -0.4 is 14.4 Å². The molecule has 0 saturated carbocycles. The summed E-state index contributed by atoms with van der Waals surface area (Å²) in [6.07, 6.45) is 4.17. The molecule has 2 aromatic carbocycles. The number of hydrogen-bond donors (Lipinski definition) is 2. The molecule has 2 aliphatic heterocycles. The van der Waals surface area contributed by atoms with Gasteiger partial charge in [-0.25, -0.2) is 0 Å². The Balaban J connectivity index is 1.63. The summed E-state index contributed by atoms with van der Waals surface area (Å²) in [6, 6.07) is 10.7. The van der Waals surface area contributed by atoms with Gasteiger partial charge in [0.1, 0.15) is 18.0 Å². The number of quaternary nitrogens is 1. The Morgan fingerprint density at radius 2 is 2.18 bits per heavy atom. The maximum atomic E-state index is 12.9. The van der Waals surface area contributed by atoms with Crippen LogP contribution in [-0.2, 0) is 6.54 Å². The lowest BCUT2D eigenvalue weighted by Crippen LogP contribution is -3.12. The highest BCUT2D eigenvalue weighted by Crippen LogP contribution is 2.39. The smallest absolute Gasteiger partial charge is 0.231 e. The van der Waals surface area contributed by atoms with E-state index in [4.69, 9.17) is 9.47 Å². The molecule has 4 rings (SSSR count). The highest BCUT2D eigenvalue weighted by atomic mass is 16.5. The molecule has 0 bridgehead atoms. The minimum absolute atomic E-state index is 0.152. The van der Waals surface area contributed by atoms with E-state index in [-0.39, 0.29) is 17.3 Å². The van der Waals surface area contributed by atoms with Crippen LogP contribution in [0.3, 0.4) is 0 Å². The first-order valence-electron chi connectivity index (χ1n) is 9.82. The number of aromatic hydroxyl groups is 1. The maximum Gasteiger partial charge on any atom is 0.231 e.